The molecular formula is C14H18N2O2S. The standard InChI is InChI=1S/C14H18N2O2S/c1-9-5-6-10(2)13(7-9)8-19(17)11(3)14-15-12(4)16-18-14/h5-7,11H,8H2,1-4H3/t11-,19-/m0/s1. The molecule has 0 aliphatic carbocycles. The lowest BCUT2D eigenvalue weighted by Crippen LogP contribution is -2.07. The van der Waals surface area contributed by atoms with Crippen LogP contribution in [0.25, 0.3) is 0 Å². The van der Waals surface area contributed by atoms with Gasteiger partial charge in [-0.15, -0.1) is 0 Å². The van der Waals surface area contributed by atoms with Gasteiger partial charge in [0.25, 0.3) is 0 Å². The van der Waals surface area contributed by atoms with Crippen LogP contribution in [0.2, 0.25) is 0 Å². The summed E-state index contributed by atoms with van der Waals surface area (Å²) in [6, 6.07) is 6.20. The molecule has 0 spiro atoms. The molecule has 0 amide bonds. The molecule has 1 aromatic heterocycles. The van der Waals surface area contributed by atoms with Crippen molar-refractivity contribution in [2.24, 2.45) is 0 Å². The van der Waals surface area contributed by atoms with Crippen LogP contribution in [0.15, 0.2) is 22.7 Å². The molecule has 0 saturated heterocycles. The van der Waals surface area contributed by atoms with E-state index >= 15 is 0 Å². The van der Waals surface area contributed by atoms with Gasteiger partial charge in [-0.3, -0.25) is 4.21 Å². The molecule has 0 aliphatic heterocycles. The van der Waals surface area contributed by atoms with Crippen LogP contribution in [-0.2, 0) is 16.6 Å². The van der Waals surface area contributed by atoms with Crippen molar-refractivity contribution in [3.8, 4) is 0 Å². The summed E-state index contributed by atoms with van der Waals surface area (Å²) in [5.74, 6) is 1.53. The molecule has 1 aromatic carbocycles. The number of hydrogen-bond donors (Lipinski definition) is 0. The molecule has 2 rings (SSSR count). The Bertz CT molecular complexity index is 607. The maximum Gasteiger partial charge on any atom is 0.242 e. The zero-order valence-corrected chi connectivity index (χ0v) is 12.5. The normalized spacial score (nSPS) is 14.3. The van der Waals surface area contributed by atoms with Crippen molar-refractivity contribution in [3.63, 3.8) is 0 Å². The summed E-state index contributed by atoms with van der Waals surface area (Å²) in [5, 5.41) is 3.49. The van der Waals surface area contributed by atoms with Crippen molar-refractivity contribution < 1.29 is 8.73 Å². The Morgan fingerprint density at radius 2 is 2.05 bits per heavy atom. The highest BCUT2D eigenvalue weighted by Gasteiger charge is 2.20. The Labute approximate surface area is 115 Å². The number of rotatable bonds is 4. The molecule has 0 bridgehead atoms. The Kier molecular flexibility index (Phi) is 4.14. The Morgan fingerprint density at radius 1 is 1.32 bits per heavy atom. The number of nitrogens with zero attached hydrogens (tertiary/aromatic N) is 2. The summed E-state index contributed by atoms with van der Waals surface area (Å²) in [5.41, 5.74) is 3.45. The van der Waals surface area contributed by atoms with E-state index in [-0.39, 0.29) is 5.25 Å². The molecule has 0 fully saturated rings. The first-order valence-electron chi connectivity index (χ1n) is 6.21. The molecule has 19 heavy (non-hydrogen) atoms. The monoisotopic (exact) mass is 278 g/mol. The molecular weight excluding hydrogens is 260 g/mol. The van der Waals surface area contributed by atoms with Gasteiger partial charge in [-0.05, 0) is 38.8 Å². The van der Waals surface area contributed by atoms with Crippen LogP contribution in [0.5, 0.6) is 0 Å². The second-order valence-corrected chi connectivity index (χ2v) is 6.53. The van der Waals surface area contributed by atoms with E-state index in [2.05, 4.69) is 28.3 Å². The summed E-state index contributed by atoms with van der Waals surface area (Å²) in [6.45, 7) is 7.69. The number of hydrogen-bond acceptors (Lipinski definition) is 4. The minimum atomic E-state index is -1.07. The second kappa shape index (κ2) is 5.65. The number of benzene rings is 1. The molecule has 2 atom stereocenters. The third-order valence-corrected chi connectivity index (χ3v) is 4.67. The predicted molar refractivity (Wildman–Crippen MR) is 75.2 cm³/mol. The Morgan fingerprint density at radius 3 is 2.68 bits per heavy atom. The molecule has 2 aromatic rings. The average molecular weight is 278 g/mol. The molecule has 0 radical (unpaired) electrons. The van der Waals surface area contributed by atoms with Crippen molar-refractivity contribution in [2.45, 2.75) is 38.7 Å². The van der Waals surface area contributed by atoms with Crippen LogP contribution in [0, 0.1) is 20.8 Å². The second-order valence-electron chi connectivity index (χ2n) is 4.78. The van der Waals surface area contributed by atoms with Crippen molar-refractivity contribution in [2.75, 3.05) is 0 Å². The van der Waals surface area contributed by atoms with Gasteiger partial charge in [0, 0.05) is 16.6 Å². The molecule has 0 unspecified atom stereocenters. The third kappa shape index (κ3) is 3.29. The third-order valence-electron chi connectivity index (χ3n) is 3.09. The van der Waals surface area contributed by atoms with Gasteiger partial charge in [0.1, 0.15) is 5.25 Å². The quantitative estimate of drug-likeness (QED) is 0.862. The van der Waals surface area contributed by atoms with Gasteiger partial charge in [-0.2, -0.15) is 4.98 Å². The molecule has 0 N–H and O–H groups in total. The van der Waals surface area contributed by atoms with E-state index in [4.69, 9.17) is 4.52 Å². The lowest BCUT2D eigenvalue weighted by molar-refractivity contribution is 0.375. The molecule has 4 nitrogen and oxygen atoms in total. The highest BCUT2D eigenvalue weighted by atomic mass is 32.2. The largest absolute Gasteiger partial charge is 0.338 e. The van der Waals surface area contributed by atoms with Gasteiger partial charge >= 0.3 is 0 Å². The van der Waals surface area contributed by atoms with Gasteiger partial charge in [-0.25, -0.2) is 0 Å². The van der Waals surface area contributed by atoms with E-state index in [0.717, 1.165) is 11.1 Å². The lowest BCUT2D eigenvalue weighted by Gasteiger charge is -2.10. The summed E-state index contributed by atoms with van der Waals surface area (Å²) in [7, 11) is -1.07. The molecule has 102 valence electrons. The average Bonchev–Trinajstić information content (AvgIpc) is 2.79. The topological polar surface area (TPSA) is 56.0 Å². The molecule has 0 saturated carbocycles. The van der Waals surface area contributed by atoms with Crippen LogP contribution in [0.1, 0.15) is 40.6 Å². The SMILES string of the molecule is Cc1ccc(C)c(C[S@](=O)[C@@H](C)c2nc(C)no2)c1. The lowest BCUT2D eigenvalue weighted by atomic mass is 10.1. The van der Waals surface area contributed by atoms with Crippen LogP contribution in [0.4, 0.5) is 0 Å². The van der Waals surface area contributed by atoms with Crippen LogP contribution in [-0.4, -0.2) is 14.3 Å². The van der Waals surface area contributed by atoms with E-state index < -0.39 is 10.8 Å². The van der Waals surface area contributed by atoms with E-state index in [1.54, 1.807) is 6.92 Å². The fraction of sp³-hybridized carbons (Fsp3) is 0.429. The number of aromatic nitrogens is 2. The Balaban J connectivity index is 2.14. The summed E-state index contributed by atoms with van der Waals surface area (Å²) in [4.78, 5) is 4.14. The minimum Gasteiger partial charge on any atom is -0.338 e. The van der Waals surface area contributed by atoms with Gasteiger partial charge in [-0.1, -0.05) is 28.9 Å². The van der Waals surface area contributed by atoms with E-state index in [1.807, 2.05) is 20.8 Å². The summed E-state index contributed by atoms with van der Waals surface area (Å²) >= 11 is 0. The highest BCUT2D eigenvalue weighted by Crippen LogP contribution is 2.22. The minimum absolute atomic E-state index is 0.249. The summed E-state index contributed by atoms with van der Waals surface area (Å²) < 4.78 is 17.5. The Hall–Kier alpha value is -1.49. The first-order chi connectivity index (χ1) is 8.97. The van der Waals surface area contributed by atoms with Crippen molar-refractivity contribution in [1.29, 1.82) is 0 Å². The van der Waals surface area contributed by atoms with E-state index in [0.29, 0.717) is 17.5 Å². The summed E-state index contributed by atoms with van der Waals surface area (Å²) in [6.07, 6.45) is 0. The first-order valence-corrected chi connectivity index (χ1v) is 7.59. The van der Waals surface area contributed by atoms with Crippen LogP contribution in [0.3, 0.4) is 0 Å². The molecule has 0 aliphatic rings. The zero-order chi connectivity index (χ0) is 14.0. The number of aryl methyl sites for hydroxylation is 3. The van der Waals surface area contributed by atoms with Gasteiger partial charge < -0.3 is 4.52 Å². The molecule has 5 heteroatoms. The van der Waals surface area contributed by atoms with Gasteiger partial charge in [0.05, 0.1) is 0 Å². The fourth-order valence-electron chi connectivity index (χ4n) is 1.82. The van der Waals surface area contributed by atoms with Crippen molar-refractivity contribution in [1.82, 2.24) is 10.1 Å². The van der Waals surface area contributed by atoms with E-state index in [1.165, 1.54) is 5.56 Å². The van der Waals surface area contributed by atoms with E-state index in [9.17, 15) is 4.21 Å². The van der Waals surface area contributed by atoms with Gasteiger partial charge in [0.15, 0.2) is 5.82 Å². The van der Waals surface area contributed by atoms with Gasteiger partial charge in [0.2, 0.25) is 5.89 Å². The maximum atomic E-state index is 12.4. The van der Waals surface area contributed by atoms with Crippen LogP contribution < -0.4 is 0 Å². The molecule has 1 heterocycles. The maximum absolute atomic E-state index is 12.4. The first kappa shape index (κ1) is 13.9. The van der Waals surface area contributed by atoms with Crippen molar-refractivity contribution >= 4 is 10.8 Å². The highest BCUT2D eigenvalue weighted by molar-refractivity contribution is 7.84. The fourth-order valence-corrected chi connectivity index (χ4v) is 3.01. The zero-order valence-electron chi connectivity index (χ0n) is 11.6. The smallest absolute Gasteiger partial charge is 0.242 e. The van der Waals surface area contributed by atoms with Crippen molar-refractivity contribution in [3.05, 3.63) is 46.6 Å². The predicted octanol–water partition coefficient (Wildman–Crippen LogP) is 3.00. The van der Waals surface area contributed by atoms with Crippen LogP contribution >= 0.6 is 0 Å².